The fourth-order valence-corrected chi connectivity index (χ4v) is 17.7. The van der Waals surface area contributed by atoms with E-state index in [-0.39, 0.29) is 34.5 Å². The highest BCUT2D eigenvalue weighted by molar-refractivity contribution is 7.24. The van der Waals surface area contributed by atoms with Crippen molar-refractivity contribution in [1.82, 2.24) is 0 Å². The molecule has 0 saturated heterocycles. The van der Waals surface area contributed by atoms with E-state index in [9.17, 15) is 63.0 Å². The maximum Gasteiger partial charge on any atom is 0.416 e. The topological polar surface area (TPSA) is 308 Å². The second-order valence-electron chi connectivity index (χ2n) is 28.0. The van der Waals surface area contributed by atoms with E-state index in [2.05, 4.69) is 32.0 Å². The summed E-state index contributed by atoms with van der Waals surface area (Å²) in [4.78, 5) is 46.3. The van der Waals surface area contributed by atoms with Crippen LogP contribution in [0.3, 0.4) is 0 Å². The third-order valence-electron chi connectivity index (χ3n) is 19.0. The molecule has 0 aliphatic carbocycles. The molecule has 0 saturated carbocycles. The maximum absolute atomic E-state index is 13.1. The lowest BCUT2D eigenvalue weighted by Gasteiger charge is -2.12. The largest absolute Gasteiger partial charge is 0.508 e. The number of thiophene rings is 4. The predicted molar refractivity (Wildman–Crippen MR) is 480 cm³/mol. The number of carbonyl (C=O) groups is 4. The first-order valence-electron chi connectivity index (χ1n) is 37.5. The molecule has 0 aliphatic rings. The molecular weight excluding hydrogens is 1650 g/mol. The van der Waals surface area contributed by atoms with Crippen molar-refractivity contribution in [2.75, 3.05) is 0 Å². The number of ether oxygens (including phenoxy) is 4. The molecule has 0 aliphatic heterocycles. The molecule has 4 heterocycles. The van der Waals surface area contributed by atoms with Crippen LogP contribution in [0.1, 0.15) is 57.0 Å². The molecule has 618 valence electrons. The average Bonchev–Trinajstić information content (AvgIpc) is 1.64. The molecule has 0 amide bonds. The Morgan fingerprint density at radius 2 is 0.691 bits per heavy atom. The van der Waals surface area contributed by atoms with E-state index in [0.717, 1.165) is 142 Å². The minimum absolute atomic E-state index is 0.0700. The number of allylic oxidation sites excluding steroid dienone is 1. The summed E-state index contributed by atoms with van der Waals surface area (Å²) in [5.74, 6) is 1.89. The van der Waals surface area contributed by atoms with Crippen molar-refractivity contribution < 1.29 is 102 Å². The second kappa shape index (κ2) is 37.6. The first kappa shape index (κ1) is 86.0. The van der Waals surface area contributed by atoms with E-state index in [1.807, 2.05) is 85.8 Å². The molecule has 16 rings (SSSR count). The Hall–Kier alpha value is -14.9. The quantitative estimate of drug-likeness (QED) is 0.0317. The number of halogens is 3. The van der Waals surface area contributed by atoms with Gasteiger partial charge in [-0.1, -0.05) is 78.4 Å². The van der Waals surface area contributed by atoms with Crippen LogP contribution < -0.4 is 18.9 Å². The highest BCUT2D eigenvalue weighted by Crippen LogP contribution is 2.53. The van der Waals surface area contributed by atoms with Gasteiger partial charge < -0.3 is 70.0 Å². The van der Waals surface area contributed by atoms with Gasteiger partial charge >= 0.3 is 30.1 Å². The standard InChI is InChI=1S/C25H17F3O4S.C25H20O4S.2C24H18O5S/c1-14-12-16(25(26,27)28)5-9-19(14)24-23(20-10-6-17(29)13-21(20)33-24)32-18-7-2-15(3-8-18)4-11-22(30)31;1-15-3-4-16(2)21(13-15)25-24(20-11-8-18(26)14-22(20)30-25)29-19-9-5-17(6-10-19)7-12-23(27)28;1-14-12-16(5-10-20(14)26)24-23(19-9-6-17(25)13-21(19)30-24)29-18-7-2-15(3-8-18)4-11-22(27)28;1-14(12-22(27)28)15-4-9-19(10-5-15)29-23-20-11-8-18(26)13-21(20)30-24(23)16-2-6-17(25)7-3-16/h2-13,29H,1H3,(H,30,31);3-14,26H,1-2H3,(H,27,28);2*2-13,25-26H,1H3,(H,27,28)/b11-4+;12-7+;11-4+;14-12+. The van der Waals surface area contributed by atoms with Crippen LogP contribution in [0.5, 0.6) is 80.5 Å². The zero-order valence-corrected chi connectivity index (χ0v) is 69.0. The summed E-state index contributed by atoms with van der Waals surface area (Å²) < 4.78 is 67.7. The van der Waals surface area contributed by atoms with Gasteiger partial charge in [-0.25, -0.2) is 19.2 Å². The van der Waals surface area contributed by atoms with Crippen molar-refractivity contribution in [3.05, 3.63) is 323 Å². The molecule has 123 heavy (non-hydrogen) atoms. The highest BCUT2D eigenvalue weighted by atomic mass is 32.1. The van der Waals surface area contributed by atoms with Gasteiger partial charge in [-0.3, -0.25) is 0 Å². The van der Waals surface area contributed by atoms with Gasteiger partial charge in [0.15, 0.2) is 23.0 Å². The van der Waals surface area contributed by atoms with Gasteiger partial charge in [0.05, 0.1) is 25.1 Å². The number of benzene rings is 12. The number of fused-ring (bicyclic) bond motifs is 4. The van der Waals surface area contributed by atoms with Crippen molar-refractivity contribution in [2.45, 2.75) is 40.8 Å². The smallest absolute Gasteiger partial charge is 0.416 e. The lowest BCUT2D eigenvalue weighted by atomic mass is 10.0. The molecule has 18 nitrogen and oxygen atoms in total. The summed E-state index contributed by atoms with van der Waals surface area (Å²) in [5.41, 5.74) is 9.92. The van der Waals surface area contributed by atoms with Crippen LogP contribution in [-0.4, -0.2) is 74.9 Å². The fourth-order valence-electron chi connectivity index (χ4n) is 12.8. The fraction of sp³-hybridized carbons (Fsp3) is 0.0612. The Morgan fingerprint density at radius 3 is 1.07 bits per heavy atom. The van der Waals surface area contributed by atoms with E-state index < -0.39 is 35.6 Å². The molecule has 0 unspecified atom stereocenters. The minimum Gasteiger partial charge on any atom is -0.508 e. The molecule has 0 fully saturated rings. The van der Waals surface area contributed by atoms with Crippen molar-refractivity contribution in [2.24, 2.45) is 0 Å². The predicted octanol–water partition coefficient (Wildman–Crippen LogP) is 26.7. The highest BCUT2D eigenvalue weighted by Gasteiger charge is 2.32. The number of hydrogen-bond donors (Lipinski definition) is 10. The van der Waals surface area contributed by atoms with E-state index in [1.54, 1.807) is 153 Å². The van der Waals surface area contributed by atoms with Crippen molar-refractivity contribution in [1.29, 1.82) is 0 Å². The van der Waals surface area contributed by atoms with Crippen LogP contribution in [0.25, 0.3) is 106 Å². The average molecular weight is 1720 g/mol. The van der Waals surface area contributed by atoms with Crippen LogP contribution in [0.2, 0.25) is 0 Å². The minimum atomic E-state index is -4.44. The summed E-state index contributed by atoms with van der Waals surface area (Å²) in [7, 11) is 0. The number of aryl methyl sites for hydroxylation is 4. The zero-order valence-electron chi connectivity index (χ0n) is 65.7. The first-order valence-corrected chi connectivity index (χ1v) is 40.7. The molecule has 4 aromatic heterocycles. The van der Waals surface area contributed by atoms with Gasteiger partial charge in [0.25, 0.3) is 0 Å². The SMILES string of the molecule is C/C(=C\C(=O)O)c1ccc(Oc2c(-c3ccc(O)cc3)sc3cc(O)ccc23)cc1.Cc1cc(-c2sc3cc(O)ccc3c2Oc2ccc(/C=C/C(=O)O)cc2)ccc1O.Cc1cc(C(F)(F)F)ccc1-c1sc2cc(O)ccc2c1Oc1ccc(/C=C/C(=O)O)cc1.Cc1ccc(C)c(-c2sc3cc(O)ccc3c2Oc2ccc(/C=C/C(=O)O)cc2)c1. The van der Waals surface area contributed by atoms with E-state index in [4.69, 9.17) is 39.4 Å². The van der Waals surface area contributed by atoms with Crippen LogP contribution in [-0.2, 0) is 25.4 Å². The molecule has 16 aromatic rings. The number of rotatable bonds is 20. The number of phenolic OH excluding ortho intramolecular Hbond substituents is 6. The summed E-state index contributed by atoms with van der Waals surface area (Å²) in [6.45, 7) is 9.32. The monoisotopic (exact) mass is 1720 g/mol. The van der Waals surface area contributed by atoms with Crippen molar-refractivity contribution >= 4 is 133 Å². The summed E-state index contributed by atoms with van der Waals surface area (Å²) in [6.07, 6.45) is 4.44. The molecule has 10 N–H and O–H groups in total. The number of hydrogen-bond acceptors (Lipinski definition) is 18. The van der Waals surface area contributed by atoms with E-state index >= 15 is 0 Å². The Labute approximate surface area is 717 Å². The number of carboxylic acid groups (broad SMARTS) is 4. The van der Waals surface area contributed by atoms with Crippen molar-refractivity contribution in [3.8, 4) is 122 Å². The van der Waals surface area contributed by atoms with Crippen LogP contribution >= 0.6 is 45.3 Å². The van der Waals surface area contributed by atoms with Crippen LogP contribution in [0, 0.1) is 27.7 Å². The number of aromatic hydroxyl groups is 6. The Balaban J connectivity index is 0.000000141. The van der Waals surface area contributed by atoms with E-state index in [0.29, 0.717) is 72.8 Å². The van der Waals surface area contributed by atoms with Crippen molar-refractivity contribution in [3.63, 3.8) is 0 Å². The molecule has 12 aromatic carbocycles. The van der Waals surface area contributed by atoms with Gasteiger partial charge in [-0.2, -0.15) is 13.2 Å². The van der Waals surface area contributed by atoms with Crippen LogP contribution in [0.15, 0.2) is 273 Å². The summed E-state index contributed by atoms with van der Waals surface area (Å²) >= 11 is 5.88. The lowest BCUT2D eigenvalue weighted by molar-refractivity contribution is -0.138. The number of alkyl halides is 3. The first-order chi connectivity index (χ1) is 58.8. The maximum atomic E-state index is 13.1. The number of aliphatic carboxylic acids is 4. The lowest BCUT2D eigenvalue weighted by Crippen LogP contribution is -2.05. The second-order valence-corrected chi connectivity index (χ2v) is 32.2. The zero-order chi connectivity index (χ0) is 87.5. The summed E-state index contributed by atoms with van der Waals surface area (Å²) in [6, 6.07) is 70.8. The van der Waals surface area contributed by atoms with Gasteiger partial charge in [0.2, 0.25) is 0 Å². The third-order valence-corrected chi connectivity index (χ3v) is 23.7. The molecular formula is C98H73F3O18S4. The Bertz CT molecular complexity index is 6790. The van der Waals surface area contributed by atoms with Crippen LogP contribution in [0.4, 0.5) is 13.2 Å². The van der Waals surface area contributed by atoms with Gasteiger partial charge in [-0.15, -0.1) is 45.3 Å². The van der Waals surface area contributed by atoms with Gasteiger partial charge in [0, 0.05) is 64.6 Å². The number of phenols is 6. The molecule has 0 atom stereocenters. The Kier molecular flexibility index (Phi) is 26.3. The molecule has 0 spiro atoms. The molecule has 25 heteroatoms. The van der Waals surface area contributed by atoms with E-state index in [1.165, 1.54) is 64.4 Å². The number of carboxylic acids is 4. The normalized spacial score (nSPS) is 11.5. The van der Waals surface area contributed by atoms with Gasteiger partial charge in [-0.05, 0) is 296 Å². The Morgan fingerprint density at radius 1 is 0.333 bits per heavy atom. The third kappa shape index (κ3) is 21.4. The van der Waals surface area contributed by atoms with Gasteiger partial charge in [0.1, 0.15) is 57.5 Å². The molecule has 0 radical (unpaired) electrons. The molecule has 0 bridgehead atoms. The summed E-state index contributed by atoms with van der Waals surface area (Å²) in [5, 5.41) is 97.6.